The Morgan fingerprint density at radius 2 is 1.72 bits per heavy atom. The van der Waals surface area contributed by atoms with E-state index in [0.29, 0.717) is 19.1 Å². The number of ether oxygens (including phenoxy) is 3. The molecule has 1 atom stereocenters. The van der Waals surface area contributed by atoms with Crippen molar-refractivity contribution in [2.45, 2.75) is 72.0 Å². The van der Waals surface area contributed by atoms with Gasteiger partial charge >= 0.3 is 0 Å². The van der Waals surface area contributed by atoms with E-state index >= 15 is 0 Å². The van der Waals surface area contributed by atoms with Crippen molar-refractivity contribution >= 4 is 5.57 Å². The van der Waals surface area contributed by atoms with E-state index < -0.39 is 0 Å². The molecule has 0 amide bonds. The number of aryl methyl sites for hydroxylation is 2. The Labute approximate surface area is 152 Å². The third-order valence-corrected chi connectivity index (χ3v) is 5.62. The van der Waals surface area contributed by atoms with Crippen LogP contribution in [0.3, 0.4) is 0 Å². The summed E-state index contributed by atoms with van der Waals surface area (Å²) in [6, 6.07) is 2.28. The lowest BCUT2D eigenvalue weighted by atomic mass is 9.85. The molecule has 0 saturated heterocycles. The van der Waals surface area contributed by atoms with Gasteiger partial charge < -0.3 is 14.2 Å². The van der Waals surface area contributed by atoms with Crippen molar-refractivity contribution in [2.24, 2.45) is 0 Å². The summed E-state index contributed by atoms with van der Waals surface area (Å²) in [6.07, 6.45) is 5.71. The van der Waals surface area contributed by atoms with E-state index in [1.807, 2.05) is 13.8 Å². The van der Waals surface area contributed by atoms with Gasteiger partial charge in [-0.15, -0.1) is 0 Å². The van der Waals surface area contributed by atoms with Crippen LogP contribution >= 0.6 is 0 Å². The van der Waals surface area contributed by atoms with E-state index in [2.05, 4.69) is 19.9 Å². The number of allylic oxidation sites excluding steroid dienone is 2. The zero-order valence-electron chi connectivity index (χ0n) is 16.4. The van der Waals surface area contributed by atoms with Crippen LogP contribution in [-0.2, 0) is 9.47 Å². The van der Waals surface area contributed by atoms with Gasteiger partial charge in [0.1, 0.15) is 5.75 Å². The van der Waals surface area contributed by atoms with E-state index in [1.54, 1.807) is 18.3 Å². The summed E-state index contributed by atoms with van der Waals surface area (Å²) in [6.45, 7) is 9.84. The zero-order chi connectivity index (χ0) is 18.0. The SMILES string of the molecule is CCOC(CC1C2=C(CCCC2)c2c(C)cc(C)c(OC)c21)OCC. The average Bonchev–Trinajstić information content (AvgIpc) is 2.91. The number of methoxy groups -OCH3 is 1. The Morgan fingerprint density at radius 1 is 1.04 bits per heavy atom. The van der Waals surface area contributed by atoms with E-state index in [-0.39, 0.29) is 6.29 Å². The topological polar surface area (TPSA) is 27.7 Å². The van der Waals surface area contributed by atoms with Gasteiger partial charge in [0.15, 0.2) is 6.29 Å². The van der Waals surface area contributed by atoms with Gasteiger partial charge in [-0.1, -0.05) is 11.6 Å². The highest BCUT2D eigenvalue weighted by Gasteiger charge is 2.38. The summed E-state index contributed by atoms with van der Waals surface area (Å²) in [5.74, 6) is 1.42. The van der Waals surface area contributed by atoms with Gasteiger partial charge in [0.25, 0.3) is 0 Å². The van der Waals surface area contributed by atoms with Gasteiger partial charge in [0, 0.05) is 31.1 Å². The Morgan fingerprint density at radius 3 is 2.36 bits per heavy atom. The van der Waals surface area contributed by atoms with Crippen molar-refractivity contribution in [3.05, 3.63) is 33.9 Å². The molecule has 0 fully saturated rings. The summed E-state index contributed by atoms with van der Waals surface area (Å²) in [5, 5.41) is 0. The number of hydrogen-bond donors (Lipinski definition) is 0. The molecule has 1 aromatic carbocycles. The summed E-state index contributed by atoms with van der Waals surface area (Å²) in [4.78, 5) is 0. The lowest BCUT2D eigenvalue weighted by Crippen LogP contribution is -2.21. The molecule has 1 aromatic rings. The molecule has 0 bridgehead atoms. The van der Waals surface area contributed by atoms with Crippen LogP contribution < -0.4 is 4.74 Å². The first-order valence-corrected chi connectivity index (χ1v) is 9.75. The predicted molar refractivity (Wildman–Crippen MR) is 102 cm³/mol. The van der Waals surface area contributed by atoms with Crippen LogP contribution in [0.1, 0.15) is 74.1 Å². The molecule has 0 heterocycles. The second-order valence-electron chi connectivity index (χ2n) is 7.17. The zero-order valence-corrected chi connectivity index (χ0v) is 16.4. The van der Waals surface area contributed by atoms with Crippen molar-refractivity contribution in [1.29, 1.82) is 0 Å². The molecule has 3 rings (SSSR count). The third-order valence-electron chi connectivity index (χ3n) is 5.62. The minimum Gasteiger partial charge on any atom is -0.496 e. The highest BCUT2D eigenvalue weighted by Crippen LogP contribution is 2.55. The third kappa shape index (κ3) is 3.37. The molecular formula is C22H32O3. The minimum absolute atomic E-state index is 0.146. The van der Waals surface area contributed by atoms with Crippen molar-refractivity contribution in [3.8, 4) is 5.75 Å². The van der Waals surface area contributed by atoms with Crippen LogP contribution in [0.4, 0.5) is 0 Å². The van der Waals surface area contributed by atoms with Crippen LogP contribution in [0, 0.1) is 13.8 Å². The second kappa shape index (κ2) is 7.92. The molecule has 0 aromatic heterocycles. The van der Waals surface area contributed by atoms with Crippen molar-refractivity contribution < 1.29 is 14.2 Å². The Bertz CT molecular complexity index is 654. The molecule has 2 aliphatic rings. The average molecular weight is 344 g/mol. The van der Waals surface area contributed by atoms with Gasteiger partial charge in [0.2, 0.25) is 0 Å². The standard InChI is InChI=1S/C22H32O3/c1-6-24-19(25-7-2)13-18-16-10-8-9-11-17(16)20-14(3)12-15(4)22(23-5)21(18)20/h12,18-19H,6-11,13H2,1-5H3. The molecule has 25 heavy (non-hydrogen) atoms. The highest BCUT2D eigenvalue weighted by molar-refractivity contribution is 5.83. The fourth-order valence-corrected chi connectivity index (χ4v) is 4.79. The lowest BCUT2D eigenvalue weighted by Gasteiger charge is -2.26. The van der Waals surface area contributed by atoms with Gasteiger partial charge in [-0.05, 0) is 75.6 Å². The molecule has 0 N–H and O–H groups in total. The first-order chi connectivity index (χ1) is 12.1. The van der Waals surface area contributed by atoms with Gasteiger partial charge in [-0.25, -0.2) is 0 Å². The number of fused-ring (bicyclic) bond motifs is 2. The summed E-state index contributed by atoms with van der Waals surface area (Å²) in [7, 11) is 1.80. The maximum atomic E-state index is 5.89. The summed E-state index contributed by atoms with van der Waals surface area (Å²) < 4.78 is 17.6. The number of hydrogen-bond acceptors (Lipinski definition) is 3. The molecule has 0 radical (unpaired) electrons. The van der Waals surface area contributed by atoms with Crippen LogP contribution in [0.2, 0.25) is 0 Å². The Kier molecular flexibility index (Phi) is 5.85. The van der Waals surface area contributed by atoms with Crippen LogP contribution in [-0.4, -0.2) is 26.6 Å². The molecule has 1 unspecified atom stereocenters. The summed E-state index contributed by atoms with van der Waals surface area (Å²) >= 11 is 0. The normalized spacial score (nSPS) is 19.4. The van der Waals surface area contributed by atoms with Crippen molar-refractivity contribution in [1.82, 2.24) is 0 Å². The van der Waals surface area contributed by atoms with E-state index in [4.69, 9.17) is 14.2 Å². The quantitative estimate of drug-likeness (QED) is 0.609. The second-order valence-corrected chi connectivity index (χ2v) is 7.17. The van der Waals surface area contributed by atoms with Gasteiger partial charge in [-0.3, -0.25) is 0 Å². The maximum absolute atomic E-state index is 5.89. The van der Waals surface area contributed by atoms with Crippen molar-refractivity contribution in [2.75, 3.05) is 20.3 Å². The minimum atomic E-state index is -0.146. The molecule has 2 aliphatic carbocycles. The molecule has 138 valence electrons. The van der Waals surface area contributed by atoms with Crippen LogP contribution in [0.15, 0.2) is 11.6 Å². The van der Waals surface area contributed by atoms with Gasteiger partial charge in [-0.2, -0.15) is 0 Å². The van der Waals surface area contributed by atoms with Crippen molar-refractivity contribution in [3.63, 3.8) is 0 Å². The largest absolute Gasteiger partial charge is 0.496 e. The van der Waals surface area contributed by atoms with Gasteiger partial charge in [0.05, 0.1) is 7.11 Å². The number of rotatable bonds is 7. The Balaban J connectivity index is 2.07. The summed E-state index contributed by atoms with van der Waals surface area (Å²) in [5.41, 5.74) is 8.64. The van der Waals surface area contributed by atoms with E-state index in [0.717, 1.165) is 12.2 Å². The molecule has 0 saturated carbocycles. The maximum Gasteiger partial charge on any atom is 0.158 e. The molecular weight excluding hydrogens is 312 g/mol. The number of benzene rings is 1. The smallest absolute Gasteiger partial charge is 0.158 e. The molecule has 3 heteroatoms. The first-order valence-electron chi connectivity index (χ1n) is 9.75. The monoisotopic (exact) mass is 344 g/mol. The Hall–Kier alpha value is -1.32. The van der Waals surface area contributed by atoms with Crippen LogP contribution in [0.5, 0.6) is 5.75 Å². The highest BCUT2D eigenvalue weighted by atomic mass is 16.7. The fourth-order valence-electron chi connectivity index (χ4n) is 4.79. The van der Waals surface area contributed by atoms with E-state index in [9.17, 15) is 0 Å². The predicted octanol–water partition coefficient (Wildman–Crippen LogP) is 5.53. The fraction of sp³-hybridized carbons (Fsp3) is 0.636. The van der Waals surface area contributed by atoms with E-state index in [1.165, 1.54) is 47.9 Å². The molecule has 3 nitrogen and oxygen atoms in total. The lowest BCUT2D eigenvalue weighted by molar-refractivity contribution is -0.141. The molecule has 0 aliphatic heterocycles. The molecule has 0 spiro atoms. The first kappa shape index (κ1) is 18.5. The van der Waals surface area contributed by atoms with Crippen LogP contribution in [0.25, 0.3) is 5.57 Å².